The number of oxazole rings is 1. The van der Waals surface area contributed by atoms with Gasteiger partial charge < -0.3 is 9.52 Å². The normalized spacial score (nSPS) is 16.8. The lowest BCUT2D eigenvalue weighted by Gasteiger charge is -2.35. The number of carboxylic acid groups (broad SMARTS) is 1. The van der Waals surface area contributed by atoms with Gasteiger partial charge in [0.25, 0.3) is 0 Å². The fourth-order valence-corrected chi connectivity index (χ4v) is 3.80. The smallest absolute Gasteiger partial charge is 0.317 e. The second-order valence-electron chi connectivity index (χ2n) is 6.32. The Hall–Kier alpha value is -1.70. The lowest BCUT2D eigenvalue weighted by Crippen LogP contribution is -2.44. The van der Waals surface area contributed by atoms with E-state index in [2.05, 4.69) is 9.88 Å². The van der Waals surface area contributed by atoms with Gasteiger partial charge in [0, 0.05) is 25.7 Å². The lowest BCUT2D eigenvalue weighted by molar-refractivity contribution is -0.138. The molecule has 1 aliphatic rings. The Balaban J connectivity index is 1.56. The number of likely N-dealkylation sites (tertiary alicyclic amines) is 1. The molecule has 130 valence electrons. The summed E-state index contributed by atoms with van der Waals surface area (Å²) in [6, 6.07) is 4.36. The van der Waals surface area contributed by atoms with Gasteiger partial charge in [-0.25, -0.2) is 4.98 Å². The van der Waals surface area contributed by atoms with Gasteiger partial charge in [-0.3, -0.25) is 14.6 Å². The number of rotatable bonds is 6. The largest absolute Gasteiger partial charge is 0.480 e. The number of aromatic nitrogens is 1. The predicted molar refractivity (Wildman–Crippen MR) is 93.1 cm³/mol. The molecule has 1 saturated heterocycles. The molecule has 0 spiro atoms. The van der Waals surface area contributed by atoms with Crippen molar-refractivity contribution in [2.75, 3.05) is 26.7 Å². The monoisotopic (exact) mass is 349 g/mol. The Morgan fingerprint density at radius 1 is 1.50 bits per heavy atom. The zero-order valence-corrected chi connectivity index (χ0v) is 14.9. The third-order valence-corrected chi connectivity index (χ3v) is 5.42. The van der Waals surface area contributed by atoms with Crippen LogP contribution in [0.5, 0.6) is 0 Å². The molecule has 2 aromatic heterocycles. The summed E-state index contributed by atoms with van der Waals surface area (Å²) in [5, 5.41) is 10.9. The van der Waals surface area contributed by atoms with Crippen molar-refractivity contribution < 1.29 is 14.3 Å². The fraction of sp³-hybridized carbons (Fsp3) is 0.529. The van der Waals surface area contributed by atoms with E-state index in [1.165, 1.54) is 0 Å². The van der Waals surface area contributed by atoms with Gasteiger partial charge in [-0.1, -0.05) is 6.07 Å². The highest BCUT2D eigenvalue weighted by Gasteiger charge is 2.24. The molecule has 3 rings (SSSR count). The van der Waals surface area contributed by atoms with Gasteiger partial charge in [0.05, 0.1) is 17.1 Å². The van der Waals surface area contributed by atoms with Crippen LogP contribution >= 0.6 is 11.3 Å². The van der Waals surface area contributed by atoms with Crippen LogP contribution in [0.2, 0.25) is 0 Å². The molecule has 0 radical (unpaired) electrons. The molecule has 0 bridgehead atoms. The number of thiophene rings is 1. The number of piperidine rings is 1. The van der Waals surface area contributed by atoms with Crippen molar-refractivity contribution in [3.8, 4) is 10.8 Å². The van der Waals surface area contributed by atoms with E-state index in [0.29, 0.717) is 11.9 Å². The zero-order valence-electron chi connectivity index (χ0n) is 14.1. The molecule has 6 nitrogen and oxygen atoms in total. The Kier molecular flexibility index (Phi) is 5.33. The highest BCUT2D eigenvalue weighted by Crippen LogP contribution is 2.27. The maximum Gasteiger partial charge on any atom is 0.317 e. The number of aryl methyl sites for hydroxylation is 1. The standard InChI is InChI=1S/C17H23N3O3S/c1-12-14(18-17(23-12)15-4-3-9-24-15)10-20-7-5-13(6-8-20)19(2)11-16(21)22/h3-4,9,13H,5-8,10-11H2,1-2H3,(H,21,22). The van der Waals surface area contributed by atoms with E-state index in [0.717, 1.165) is 48.8 Å². The van der Waals surface area contributed by atoms with Crippen LogP contribution in [0.4, 0.5) is 0 Å². The molecule has 1 aliphatic heterocycles. The quantitative estimate of drug-likeness (QED) is 0.865. The van der Waals surface area contributed by atoms with E-state index >= 15 is 0 Å². The van der Waals surface area contributed by atoms with Crippen LogP contribution in [0.3, 0.4) is 0 Å². The molecule has 7 heteroatoms. The molecule has 2 aromatic rings. The summed E-state index contributed by atoms with van der Waals surface area (Å²) in [7, 11) is 1.89. The van der Waals surface area contributed by atoms with Crippen LogP contribution in [0.1, 0.15) is 24.3 Å². The minimum atomic E-state index is -0.765. The maximum absolute atomic E-state index is 10.8. The number of hydrogen-bond donors (Lipinski definition) is 1. The van der Waals surface area contributed by atoms with Crippen LogP contribution in [0, 0.1) is 6.92 Å². The number of aliphatic carboxylic acids is 1. The van der Waals surface area contributed by atoms with Gasteiger partial charge in [0.2, 0.25) is 5.89 Å². The van der Waals surface area contributed by atoms with Crippen molar-refractivity contribution in [3.63, 3.8) is 0 Å². The molecule has 3 heterocycles. The first-order chi connectivity index (χ1) is 11.5. The van der Waals surface area contributed by atoms with Crippen LogP contribution < -0.4 is 0 Å². The summed E-state index contributed by atoms with van der Waals surface area (Å²) < 4.78 is 5.80. The number of carbonyl (C=O) groups is 1. The molecule has 0 saturated carbocycles. The average Bonchev–Trinajstić information content (AvgIpc) is 3.18. The summed E-state index contributed by atoms with van der Waals surface area (Å²) in [6.07, 6.45) is 1.97. The Labute approximate surface area is 145 Å². The third-order valence-electron chi connectivity index (χ3n) is 4.56. The van der Waals surface area contributed by atoms with Crippen LogP contribution in [-0.4, -0.2) is 58.6 Å². The van der Waals surface area contributed by atoms with Gasteiger partial charge >= 0.3 is 5.97 Å². The number of likely N-dealkylation sites (N-methyl/N-ethyl adjacent to an activating group) is 1. The Morgan fingerprint density at radius 2 is 2.25 bits per heavy atom. The molecule has 0 aliphatic carbocycles. The molecule has 0 atom stereocenters. The minimum absolute atomic E-state index is 0.108. The van der Waals surface area contributed by atoms with Gasteiger partial charge in [-0.2, -0.15) is 0 Å². The molecular weight excluding hydrogens is 326 g/mol. The molecule has 1 fully saturated rings. The first-order valence-electron chi connectivity index (χ1n) is 8.17. The first kappa shape index (κ1) is 17.1. The van der Waals surface area contributed by atoms with E-state index in [9.17, 15) is 4.79 Å². The summed E-state index contributed by atoms with van der Waals surface area (Å²) in [5.74, 6) is 0.816. The highest BCUT2D eigenvalue weighted by atomic mass is 32.1. The molecule has 0 amide bonds. The molecular formula is C17H23N3O3S. The minimum Gasteiger partial charge on any atom is -0.480 e. The summed E-state index contributed by atoms with van der Waals surface area (Å²) in [4.78, 5) is 20.8. The zero-order chi connectivity index (χ0) is 17.1. The van der Waals surface area contributed by atoms with Crippen LogP contribution in [0.25, 0.3) is 10.8 Å². The van der Waals surface area contributed by atoms with Crippen molar-refractivity contribution in [2.24, 2.45) is 0 Å². The highest BCUT2D eigenvalue weighted by molar-refractivity contribution is 7.13. The topological polar surface area (TPSA) is 69.8 Å². The van der Waals surface area contributed by atoms with Gasteiger partial charge in [0.15, 0.2) is 0 Å². The van der Waals surface area contributed by atoms with Crippen molar-refractivity contribution >= 4 is 17.3 Å². The van der Waals surface area contributed by atoms with Crippen molar-refractivity contribution in [1.29, 1.82) is 0 Å². The lowest BCUT2D eigenvalue weighted by atomic mass is 10.0. The van der Waals surface area contributed by atoms with E-state index in [1.807, 2.05) is 36.4 Å². The SMILES string of the molecule is Cc1oc(-c2cccs2)nc1CN1CCC(N(C)CC(=O)O)CC1. The van der Waals surface area contributed by atoms with E-state index in [-0.39, 0.29) is 6.54 Å². The van der Waals surface area contributed by atoms with E-state index in [4.69, 9.17) is 9.52 Å². The van der Waals surface area contributed by atoms with Crippen molar-refractivity contribution in [3.05, 3.63) is 29.0 Å². The molecule has 1 N–H and O–H groups in total. The third kappa shape index (κ3) is 4.03. The molecule has 24 heavy (non-hydrogen) atoms. The van der Waals surface area contributed by atoms with E-state index in [1.54, 1.807) is 11.3 Å². The average molecular weight is 349 g/mol. The Bertz CT molecular complexity index is 675. The second-order valence-corrected chi connectivity index (χ2v) is 7.26. The summed E-state index contributed by atoms with van der Waals surface area (Å²) in [6.45, 7) is 4.77. The fourth-order valence-electron chi connectivity index (χ4n) is 3.15. The van der Waals surface area contributed by atoms with Gasteiger partial charge in [-0.15, -0.1) is 11.3 Å². The van der Waals surface area contributed by atoms with Crippen molar-refractivity contribution in [2.45, 2.75) is 32.4 Å². The second kappa shape index (κ2) is 7.46. The summed E-state index contributed by atoms with van der Waals surface area (Å²) in [5.41, 5.74) is 0.996. The number of nitrogens with zero attached hydrogens (tertiary/aromatic N) is 3. The summed E-state index contributed by atoms with van der Waals surface area (Å²) >= 11 is 1.63. The van der Waals surface area contributed by atoms with Crippen LogP contribution in [-0.2, 0) is 11.3 Å². The van der Waals surface area contributed by atoms with Gasteiger partial charge in [0.1, 0.15) is 5.76 Å². The number of hydrogen-bond acceptors (Lipinski definition) is 6. The maximum atomic E-state index is 10.8. The predicted octanol–water partition coefficient (Wildman–Crippen LogP) is 2.69. The van der Waals surface area contributed by atoms with Crippen molar-refractivity contribution in [1.82, 2.24) is 14.8 Å². The van der Waals surface area contributed by atoms with Crippen LogP contribution in [0.15, 0.2) is 21.9 Å². The van der Waals surface area contributed by atoms with E-state index < -0.39 is 5.97 Å². The van der Waals surface area contributed by atoms with Gasteiger partial charge in [-0.05, 0) is 38.3 Å². The first-order valence-corrected chi connectivity index (χ1v) is 9.05. The molecule has 0 unspecified atom stereocenters. The number of carboxylic acids is 1. The molecule has 0 aromatic carbocycles. The Morgan fingerprint density at radius 3 is 2.88 bits per heavy atom.